The van der Waals surface area contributed by atoms with Crippen LogP contribution in [0.4, 0.5) is 0 Å². The molecule has 20 heavy (non-hydrogen) atoms. The van der Waals surface area contributed by atoms with Crippen molar-refractivity contribution in [1.29, 1.82) is 0 Å². The van der Waals surface area contributed by atoms with Crippen molar-refractivity contribution in [3.8, 4) is 0 Å². The van der Waals surface area contributed by atoms with Gasteiger partial charge in [-0.1, -0.05) is 18.5 Å². The van der Waals surface area contributed by atoms with E-state index in [9.17, 15) is 8.42 Å². The lowest BCUT2D eigenvalue weighted by Gasteiger charge is -2.27. The largest absolute Gasteiger partial charge is 0.299 e. The van der Waals surface area contributed by atoms with Crippen LogP contribution in [0.25, 0.3) is 0 Å². The smallest absolute Gasteiger partial charge is 0.245 e. The molecule has 0 N–H and O–H groups in total. The summed E-state index contributed by atoms with van der Waals surface area (Å²) in [5, 5.41) is 0.214. The second-order valence-corrected chi connectivity index (χ2v) is 7.44. The lowest BCUT2D eigenvalue weighted by atomic mass is 10.2. The van der Waals surface area contributed by atoms with Gasteiger partial charge in [-0.25, -0.2) is 8.42 Å². The molecule has 1 aromatic heterocycles. The maximum Gasteiger partial charge on any atom is 0.245 e. The van der Waals surface area contributed by atoms with Gasteiger partial charge in [-0.2, -0.15) is 4.31 Å². The average molecular weight is 318 g/mol. The summed E-state index contributed by atoms with van der Waals surface area (Å²) in [7, 11) is -1.97. The Morgan fingerprint density at radius 3 is 2.95 bits per heavy atom. The van der Waals surface area contributed by atoms with Crippen molar-refractivity contribution in [1.82, 2.24) is 14.2 Å². The van der Waals surface area contributed by atoms with E-state index < -0.39 is 10.0 Å². The first-order valence-corrected chi connectivity index (χ1v) is 8.58. The number of aromatic nitrogens is 1. The van der Waals surface area contributed by atoms with Crippen LogP contribution in [-0.4, -0.2) is 55.3 Å². The molecule has 1 aromatic rings. The van der Waals surface area contributed by atoms with Gasteiger partial charge in [0, 0.05) is 32.0 Å². The summed E-state index contributed by atoms with van der Waals surface area (Å²) in [4.78, 5) is 6.25. The highest BCUT2D eigenvalue weighted by molar-refractivity contribution is 7.89. The predicted molar refractivity (Wildman–Crippen MR) is 79.3 cm³/mol. The summed E-state index contributed by atoms with van der Waals surface area (Å²) in [6, 6.07) is 1.78. The Morgan fingerprint density at radius 1 is 1.55 bits per heavy atom. The van der Waals surface area contributed by atoms with Crippen molar-refractivity contribution < 1.29 is 8.42 Å². The summed E-state index contributed by atoms with van der Waals surface area (Å²) in [6.07, 6.45) is 4.95. The summed E-state index contributed by atoms with van der Waals surface area (Å²) in [5.41, 5.74) is 0. The Balaban J connectivity index is 2.16. The number of hydrogen-bond donors (Lipinski definition) is 0. The first-order valence-electron chi connectivity index (χ1n) is 6.76. The highest BCUT2D eigenvalue weighted by atomic mass is 35.5. The minimum absolute atomic E-state index is 0.0743. The van der Waals surface area contributed by atoms with Crippen LogP contribution in [0.1, 0.15) is 19.8 Å². The molecule has 0 saturated carbocycles. The molecule has 1 aliphatic heterocycles. The van der Waals surface area contributed by atoms with Gasteiger partial charge >= 0.3 is 0 Å². The van der Waals surface area contributed by atoms with Crippen molar-refractivity contribution in [3.63, 3.8) is 0 Å². The molecule has 5 nitrogen and oxygen atoms in total. The van der Waals surface area contributed by atoms with Gasteiger partial charge in [-0.3, -0.25) is 9.88 Å². The van der Waals surface area contributed by atoms with Crippen molar-refractivity contribution in [2.24, 2.45) is 0 Å². The molecule has 1 fully saturated rings. The topological polar surface area (TPSA) is 53.5 Å². The van der Waals surface area contributed by atoms with Gasteiger partial charge < -0.3 is 0 Å². The Labute approximate surface area is 125 Å². The SMILES string of the molecule is CCN1CCCC1CN(C)S(=O)(=O)c1cnccc1Cl. The second-order valence-electron chi connectivity index (χ2n) is 5.02. The van der Waals surface area contributed by atoms with Crippen LogP contribution in [0, 0.1) is 0 Å². The van der Waals surface area contributed by atoms with E-state index in [0.29, 0.717) is 6.54 Å². The Hall–Kier alpha value is -0.690. The van der Waals surface area contributed by atoms with E-state index in [0.717, 1.165) is 25.9 Å². The van der Waals surface area contributed by atoms with E-state index in [4.69, 9.17) is 11.6 Å². The van der Waals surface area contributed by atoms with E-state index in [1.54, 1.807) is 7.05 Å². The summed E-state index contributed by atoms with van der Waals surface area (Å²) in [6.45, 7) is 4.58. The molecule has 2 rings (SSSR count). The average Bonchev–Trinajstić information content (AvgIpc) is 2.86. The van der Waals surface area contributed by atoms with Crippen LogP contribution in [0.15, 0.2) is 23.4 Å². The molecule has 0 bridgehead atoms. The zero-order valence-electron chi connectivity index (χ0n) is 11.8. The molecule has 0 spiro atoms. The quantitative estimate of drug-likeness (QED) is 0.831. The minimum atomic E-state index is -3.58. The number of pyridine rings is 1. The molecule has 2 heterocycles. The number of likely N-dealkylation sites (tertiary alicyclic amines) is 1. The monoisotopic (exact) mass is 317 g/mol. The van der Waals surface area contributed by atoms with Crippen molar-refractivity contribution >= 4 is 21.6 Å². The fourth-order valence-electron chi connectivity index (χ4n) is 2.63. The van der Waals surface area contributed by atoms with Crippen LogP contribution in [0.3, 0.4) is 0 Å². The fourth-order valence-corrected chi connectivity index (χ4v) is 4.24. The molecular formula is C13H20ClN3O2S. The predicted octanol–water partition coefficient (Wildman–Crippen LogP) is 1.84. The van der Waals surface area contributed by atoms with Crippen LogP contribution in [0.2, 0.25) is 5.02 Å². The maximum atomic E-state index is 12.5. The number of nitrogens with zero attached hydrogens (tertiary/aromatic N) is 3. The third-order valence-corrected chi connectivity index (χ3v) is 6.09. The van der Waals surface area contributed by atoms with Gasteiger partial charge in [0.05, 0.1) is 5.02 Å². The van der Waals surface area contributed by atoms with E-state index in [2.05, 4.69) is 16.8 Å². The second kappa shape index (κ2) is 6.39. The van der Waals surface area contributed by atoms with E-state index >= 15 is 0 Å². The van der Waals surface area contributed by atoms with Crippen LogP contribution in [0.5, 0.6) is 0 Å². The number of halogens is 1. The molecule has 112 valence electrons. The summed E-state index contributed by atoms with van der Waals surface area (Å²) < 4.78 is 26.4. The maximum absolute atomic E-state index is 12.5. The summed E-state index contributed by atoms with van der Waals surface area (Å²) in [5.74, 6) is 0. The number of sulfonamides is 1. The fraction of sp³-hybridized carbons (Fsp3) is 0.615. The minimum Gasteiger partial charge on any atom is -0.299 e. The van der Waals surface area contributed by atoms with E-state index in [-0.39, 0.29) is 16.0 Å². The first kappa shape index (κ1) is 15.7. The van der Waals surface area contributed by atoms with Gasteiger partial charge in [-0.15, -0.1) is 0 Å². The highest BCUT2D eigenvalue weighted by Gasteiger charge is 2.30. The van der Waals surface area contributed by atoms with Crippen LogP contribution < -0.4 is 0 Å². The first-order chi connectivity index (χ1) is 9.46. The normalized spacial score (nSPS) is 20.7. The lowest BCUT2D eigenvalue weighted by Crippen LogP contribution is -2.41. The molecule has 1 atom stereocenters. The number of likely N-dealkylation sites (N-methyl/N-ethyl adjacent to an activating group) is 2. The van der Waals surface area contributed by atoms with E-state index in [1.165, 1.54) is 22.8 Å². The standard InChI is InChI=1S/C13H20ClN3O2S/c1-3-17-8-4-5-11(17)10-16(2)20(18,19)13-9-15-7-6-12(13)14/h6-7,9,11H,3-5,8,10H2,1-2H3. The Bertz CT molecular complexity index is 564. The van der Waals surface area contributed by atoms with Crippen molar-refractivity contribution in [2.75, 3.05) is 26.7 Å². The molecule has 0 aromatic carbocycles. The molecule has 1 unspecified atom stereocenters. The molecule has 0 radical (unpaired) electrons. The van der Waals surface area contributed by atoms with Gasteiger partial charge in [-0.05, 0) is 32.0 Å². The Kier molecular flexibility index (Phi) is 5.01. The zero-order chi connectivity index (χ0) is 14.8. The molecule has 1 aliphatic rings. The van der Waals surface area contributed by atoms with Crippen molar-refractivity contribution in [3.05, 3.63) is 23.5 Å². The van der Waals surface area contributed by atoms with E-state index in [1.807, 2.05) is 0 Å². The molecular weight excluding hydrogens is 298 g/mol. The number of rotatable bonds is 5. The van der Waals surface area contributed by atoms with Gasteiger partial charge in [0.2, 0.25) is 10.0 Å². The zero-order valence-corrected chi connectivity index (χ0v) is 13.4. The van der Waals surface area contributed by atoms with Gasteiger partial charge in [0.15, 0.2) is 0 Å². The Morgan fingerprint density at radius 2 is 2.30 bits per heavy atom. The highest BCUT2D eigenvalue weighted by Crippen LogP contribution is 2.24. The van der Waals surface area contributed by atoms with Gasteiger partial charge in [0.25, 0.3) is 0 Å². The molecule has 0 aliphatic carbocycles. The third-order valence-electron chi connectivity index (χ3n) is 3.80. The van der Waals surface area contributed by atoms with Crippen LogP contribution in [-0.2, 0) is 10.0 Å². The molecule has 7 heteroatoms. The summed E-state index contributed by atoms with van der Waals surface area (Å²) >= 11 is 5.97. The lowest BCUT2D eigenvalue weighted by molar-refractivity contribution is 0.237. The third kappa shape index (κ3) is 3.14. The number of hydrogen-bond acceptors (Lipinski definition) is 4. The van der Waals surface area contributed by atoms with Crippen LogP contribution >= 0.6 is 11.6 Å². The van der Waals surface area contributed by atoms with Crippen molar-refractivity contribution in [2.45, 2.75) is 30.7 Å². The molecule has 1 saturated heterocycles. The molecule has 0 amide bonds. The van der Waals surface area contributed by atoms with Gasteiger partial charge in [0.1, 0.15) is 4.90 Å².